The van der Waals surface area contributed by atoms with Gasteiger partial charge in [-0.25, -0.2) is 9.78 Å². The zero-order valence-electron chi connectivity index (χ0n) is 9.88. The fourth-order valence-corrected chi connectivity index (χ4v) is 2.71. The summed E-state index contributed by atoms with van der Waals surface area (Å²) in [6.45, 7) is 0.508. The monoisotopic (exact) mass is 273 g/mol. The fraction of sp³-hybridized carbons (Fsp3) is 0.0769. The number of carboxylic acid groups (broad SMARTS) is 1. The van der Waals surface area contributed by atoms with Gasteiger partial charge in [0.1, 0.15) is 5.82 Å². The maximum atomic E-state index is 10.9. The number of imidazole rings is 1. The highest BCUT2D eigenvalue weighted by Gasteiger charge is 2.10. The average molecular weight is 273 g/mol. The third-order valence-electron chi connectivity index (χ3n) is 2.83. The summed E-state index contributed by atoms with van der Waals surface area (Å²) in [4.78, 5) is 20.6. The lowest BCUT2D eigenvalue weighted by Gasteiger charge is -1.92. The zero-order chi connectivity index (χ0) is 13.4. The van der Waals surface area contributed by atoms with Crippen LogP contribution in [0.15, 0.2) is 30.3 Å². The Morgan fingerprint density at radius 1 is 1.37 bits per heavy atom. The Kier molecular flexibility index (Phi) is 2.81. The maximum Gasteiger partial charge on any atom is 0.335 e. The Balaban J connectivity index is 2.08. The standard InChI is InChI=1S/C13H11N3O2S/c14-6-8-2-4-11(19-8)12-15-9-3-1-7(13(17)18)5-10(9)16-12/h1-5H,6,14H2,(H,15,16)(H,17,18). The van der Waals surface area contributed by atoms with Gasteiger partial charge in [0, 0.05) is 11.4 Å². The van der Waals surface area contributed by atoms with Crippen LogP contribution >= 0.6 is 11.3 Å². The molecule has 0 aliphatic rings. The number of hydrogen-bond acceptors (Lipinski definition) is 4. The van der Waals surface area contributed by atoms with E-state index in [4.69, 9.17) is 10.8 Å². The van der Waals surface area contributed by atoms with Gasteiger partial charge in [-0.2, -0.15) is 0 Å². The van der Waals surface area contributed by atoms with Gasteiger partial charge in [0.15, 0.2) is 0 Å². The summed E-state index contributed by atoms with van der Waals surface area (Å²) in [5.41, 5.74) is 7.30. The first-order chi connectivity index (χ1) is 9.17. The second-order valence-corrected chi connectivity index (χ2v) is 5.26. The van der Waals surface area contributed by atoms with Crippen LogP contribution < -0.4 is 5.73 Å². The number of H-pyrrole nitrogens is 1. The van der Waals surface area contributed by atoms with Crippen LogP contribution in [0, 0.1) is 0 Å². The summed E-state index contributed by atoms with van der Waals surface area (Å²) >= 11 is 1.58. The summed E-state index contributed by atoms with van der Waals surface area (Å²) in [5, 5.41) is 8.96. The van der Waals surface area contributed by atoms with Crippen LogP contribution in [0.25, 0.3) is 21.7 Å². The topological polar surface area (TPSA) is 92.0 Å². The van der Waals surface area contributed by atoms with Gasteiger partial charge in [-0.15, -0.1) is 11.3 Å². The first kappa shape index (κ1) is 11.9. The number of nitrogens with zero attached hydrogens (tertiary/aromatic N) is 1. The molecule has 6 heteroatoms. The lowest BCUT2D eigenvalue weighted by atomic mass is 10.2. The van der Waals surface area contributed by atoms with E-state index in [-0.39, 0.29) is 5.56 Å². The van der Waals surface area contributed by atoms with E-state index in [0.717, 1.165) is 26.6 Å². The number of carbonyl (C=O) groups is 1. The molecular formula is C13H11N3O2S. The van der Waals surface area contributed by atoms with Crippen LogP contribution in [0.5, 0.6) is 0 Å². The molecular weight excluding hydrogens is 262 g/mol. The van der Waals surface area contributed by atoms with Gasteiger partial charge in [0.2, 0.25) is 0 Å². The van der Waals surface area contributed by atoms with E-state index in [9.17, 15) is 4.79 Å². The smallest absolute Gasteiger partial charge is 0.335 e. The summed E-state index contributed by atoms with van der Waals surface area (Å²) in [5.74, 6) is -0.207. The van der Waals surface area contributed by atoms with Gasteiger partial charge in [0.25, 0.3) is 0 Å². The second kappa shape index (κ2) is 4.49. The number of benzene rings is 1. The maximum absolute atomic E-state index is 10.9. The molecule has 0 fully saturated rings. The molecule has 4 N–H and O–H groups in total. The molecule has 0 atom stereocenters. The molecule has 0 bridgehead atoms. The molecule has 0 amide bonds. The molecule has 5 nitrogen and oxygen atoms in total. The Morgan fingerprint density at radius 2 is 2.21 bits per heavy atom. The molecule has 0 radical (unpaired) electrons. The van der Waals surface area contributed by atoms with Crippen molar-refractivity contribution in [2.45, 2.75) is 6.54 Å². The van der Waals surface area contributed by atoms with Crippen molar-refractivity contribution in [1.82, 2.24) is 9.97 Å². The molecule has 1 aromatic carbocycles. The van der Waals surface area contributed by atoms with Gasteiger partial charge in [-0.05, 0) is 30.3 Å². The zero-order valence-corrected chi connectivity index (χ0v) is 10.7. The lowest BCUT2D eigenvalue weighted by molar-refractivity contribution is 0.0697. The molecule has 19 heavy (non-hydrogen) atoms. The van der Waals surface area contributed by atoms with Crippen molar-refractivity contribution in [2.75, 3.05) is 0 Å². The van der Waals surface area contributed by atoms with Gasteiger partial charge in [-0.1, -0.05) is 0 Å². The summed E-state index contributed by atoms with van der Waals surface area (Å²) in [7, 11) is 0. The minimum absolute atomic E-state index is 0.247. The summed E-state index contributed by atoms with van der Waals surface area (Å²) in [6.07, 6.45) is 0. The van der Waals surface area contributed by atoms with Crippen molar-refractivity contribution in [3.63, 3.8) is 0 Å². The van der Waals surface area contributed by atoms with Crippen molar-refractivity contribution < 1.29 is 9.90 Å². The predicted octanol–water partition coefficient (Wildman–Crippen LogP) is 2.45. The van der Waals surface area contributed by atoms with E-state index < -0.39 is 5.97 Å². The van der Waals surface area contributed by atoms with Crippen molar-refractivity contribution in [1.29, 1.82) is 0 Å². The van der Waals surface area contributed by atoms with Crippen molar-refractivity contribution in [2.24, 2.45) is 5.73 Å². The van der Waals surface area contributed by atoms with Gasteiger partial charge in [-0.3, -0.25) is 0 Å². The summed E-state index contributed by atoms with van der Waals surface area (Å²) < 4.78 is 0. The number of nitrogens with one attached hydrogen (secondary N) is 1. The molecule has 3 rings (SSSR count). The molecule has 0 spiro atoms. The lowest BCUT2D eigenvalue weighted by Crippen LogP contribution is -1.94. The number of fused-ring (bicyclic) bond motifs is 1. The Hall–Kier alpha value is -2.18. The highest BCUT2D eigenvalue weighted by atomic mass is 32.1. The molecule has 0 saturated carbocycles. The fourth-order valence-electron chi connectivity index (χ4n) is 1.87. The first-order valence-corrected chi connectivity index (χ1v) is 6.51. The highest BCUT2D eigenvalue weighted by Crippen LogP contribution is 2.27. The number of aromatic amines is 1. The normalized spacial score (nSPS) is 11.0. The first-order valence-electron chi connectivity index (χ1n) is 5.69. The van der Waals surface area contributed by atoms with E-state index in [0.29, 0.717) is 6.54 Å². The third kappa shape index (κ3) is 2.11. The van der Waals surface area contributed by atoms with Crippen LogP contribution in [0.4, 0.5) is 0 Å². The number of aromatic carboxylic acids is 1. The van der Waals surface area contributed by atoms with Crippen LogP contribution in [-0.2, 0) is 6.54 Å². The molecule has 0 unspecified atom stereocenters. The molecule has 96 valence electrons. The molecule has 0 saturated heterocycles. The minimum Gasteiger partial charge on any atom is -0.478 e. The molecule has 0 aliphatic heterocycles. The van der Waals surface area contributed by atoms with E-state index in [1.165, 1.54) is 0 Å². The van der Waals surface area contributed by atoms with Crippen molar-refractivity contribution in [3.05, 3.63) is 40.8 Å². The quantitative estimate of drug-likeness (QED) is 0.683. The van der Waals surface area contributed by atoms with Crippen molar-refractivity contribution >= 4 is 28.3 Å². The molecule has 0 aliphatic carbocycles. The SMILES string of the molecule is NCc1ccc(-c2nc3ccc(C(=O)O)cc3[nH]2)s1. The highest BCUT2D eigenvalue weighted by molar-refractivity contribution is 7.15. The van der Waals surface area contributed by atoms with E-state index >= 15 is 0 Å². The molecule has 3 aromatic rings. The number of hydrogen-bond donors (Lipinski definition) is 3. The number of nitrogens with two attached hydrogens (primary N) is 1. The van der Waals surface area contributed by atoms with E-state index in [1.807, 2.05) is 12.1 Å². The predicted molar refractivity (Wildman–Crippen MR) is 74.3 cm³/mol. The van der Waals surface area contributed by atoms with Crippen molar-refractivity contribution in [3.8, 4) is 10.7 Å². The van der Waals surface area contributed by atoms with E-state index in [1.54, 1.807) is 29.5 Å². The minimum atomic E-state index is -0.945. The summed E-state index contributed by atoms with van der Waals surface area (Å²) in [6, 6.07) is 8.77. The van der Waals surface area contributed by atoms with Gasteiger partial charge >= 0.3 is 5.97 Å². The number of thiophene rings is 1. The number of carboxylic acids is 1. The average Bonchev–Trinajstić information content (AvgIpc) is 3.03. The number of aromatic nitrogens is 2. The Labute approximate surface area is 112 Å². The van der Waals surface area contributed by atoms with Gasteiger partial charge in [0.05, 0.1) is 21.5 Å². The van der Waals surface area contributed by atoms with Crippen LogP contribution in [0.3, 0.4) is 0 Å². The number of rotatable bonds is 3. The molecule has 2 aromatic heterocycles. The van der Waals surface area contributed by atoms with E-state index in [2.05, 4.69) is 9.97 Å². The van der Waals surface area contributed by atoms with Crippen LogP contribution in [0.1, 0.15) is 15.2 Å². The third-order valence-corrected chi connectivity index (χ3v) is 3.94. The van der Waals surface area contributed by atoms with Crippen LogP contribution in [-0.4, -0.2) is 21.0 Å². The van der Waals surface area contributed by atoms with Gasteiger partial charge < -0.3 is 15.8 Å². The Morgan fingerprint density at radius 3 is 2.89 bits per heavy atom. The Bertz CT molecular complexity index is 760. The van der Waals surface area contributed by atoms with Crippen LogP contribution in [0.2, 0.25) is 0 Å². The largest absolute Gasteiger partial charge is 0.478 e. The second-order valence-electron chi connectivity index (χ2n) is 4.09. The molecule has 2 heterocycles.